The van der Waals surface area contributed by atoms with Gasteiger partial charge in [0.1, 0.15) is 0 Å². The second kappa shape index (κ2) is 22.8. The second-order valence-electron chi connectivity index (χ2n) is 22.7. The molecule has 430 valence electrons. The average molecular weight is 1180 g/mol. The summed E-state index contributed by atoms with van der Waals surface area (Å²) in [5.41, 5.74) is 18.2. The molecule has 0 saturated heterocycles. The van der Waals surface area contributed by atoms with E-state index in [0.717, 1.165) is 133 Å². The zero-order valence-electron chi connectivity index (χ0n) is 49.6. The van der Waals surface area contributed by atoms with Gasteiger partial charge in [-0.1, -0.05) is 279 Å². The maximum atomic E-state index is 6.31. The molecule has 0 fully saturated rings. The molecule has 5 aromatic heterocycles. The second-order valence-corrected chi connectivity index (χ2v) is 22.7. The van der Waals surface area contributed by atoms with Gasteiger partial charge < -0.3 is 9.13 Å². The van der Waals surface area contributed by atoms with Crippen molar-refractivity contribution in [2.45, 2.75) is 0 Å². The lowest BCUT2D eigenvalue weighted by Crippen LogP contribution is -2.05. The minimum absolute atomic E-state index is 0.511. The van der Waals surface area contributed by atoms with Gasteiger partial charge in [-0.3, -0.25) is 0 Å². The zero-order chi connectivity index (χ0) is 60.9. The summed E-state index contributed by atoms with van der Waals surface area (Å²) in [6.07, 6.45) is 0. The third-order valence-electron chi connectivity index (χ3n) is 17.3. The Morgan fingerprint density at radius 2 is 0.435 bits per heavy atom. The van der Waals surface area contributed by atoms with E-state index >= 15 is 0 Å². The van der Waals surface area contributed by atoms with Crippen LogP contribution >= 0.6 is 0 Å². The molecular formula is C83H53N9. The van der Waals surface area contributed by atoms with Crippen LogP contribution in [-0.2, 0) is 0 Å². The van der Waals surface area contributed by atoms with E-state index in [9.17, 15) is 0 Å². The zero-order valence-corrected chi connectivity index (χ0v) is 49.6. The van der Waals surface area contributed by atoms with Gasteiger partial charge in [0.05, 0.1) is 44.8 Å². The number of hydrogen-bond donors (Lipinski definition) is 0. The van der Waals surface area contributed by atoms with Crippen molar-refractivity contribution in [2.75, 3.05) is 0 Å². The summed E-state index contributed by atoms with van der Waals surface area (Å²) >= 11 is 0. The van der Waals surface area contributed by atoms with Crippen LogP contribution < -0.4 is 0 Å². The molecular weight excluding hydrogens is 1120 g/mol. The highest BCUT2D eigenvalue weighted by Crippen LogP contribution is 2.48. The lowest BCUT2D eigenvalue weighted by molar-refractivity contribution is 1.07. The van der Waals surface area contributed by atoms with Crippen LogP contribution in [0.1, 0.15) is 0 Å². The molecule has 0 atom stereocenters. The molecule has 5 heterocycles. The average Bonchev–Trinajstić information content (AvgIpc) is 1.50. The van der Waals surface area contributed by atoms with E-state index in [4.69, 9.17) is 34.9 Å². The Kier molecular flexibility index (Phi) is 13.3. The van der Waals surface area contributed by atoms with Crippen molar-refractivity contribution in [2.24, 2.45) is 0 Å². The first-order chi connectivity index (χ1) is 45.7. The Morgan fingerprint density at radius 3 is 0.837 bits per heavy atom. The van der Waals surface area contributed by atoms with Crippen LogP contribution in [0.3, 0.4) is 0 Å². The van der Waals surface area contributed by atoms with Crippen LogP contribution in [0.15, 0.2) is 322 Å². The van der Waals surface area contributed by atoms with Crippen molar-refractivity contribution in [3.05, 3.63) is 322 Å². The van der Waals surface area contributed by atoms with Gasteiger partial charge in [-0.15, -0.1) is 0 Å². The number of benzene rings is 12. The number of para-hydroxylation sites is 6. The van der Waals surface area contributed by atoms with Crippen molar-refractivity contribution in [3.8, 4) is 124 Å². The molecule has 0 unspecified atom stereocenters. The first kappa shape index (κ1) is 53.6. The van der Waals surface area contributed by atoms with Gasteiger partial charge >= 0.3 is 0 Å². The number of fused-ring (bicyclic) bond motifs is 6. The lowest BCUT2D eigenvalue weighted by Gasteiger charge is -2.23. The molecule has 0 radical (unpaired) electrons. The summed E-state index contributed by atoms with van der Waals surface area (Å²) in [7, 11) is 0. The summed E-state index contributed by atoms with van der Waals surface area (Å²) in [6, 6.07) is 112. The van der Waals surface area contributed by atoms with E-state index < -0.39 is 0 Å². The van der Waals surface area contributed by atoms with Crippen LogP contribution in [0.25, 0.3) is 168 Å². The van der Waals surface area contributed by atoms with E-state index in [0.29, 0.717) is 34.9 Å². The first-order valence-electron chi connectivity index (χ1n) is 30.8. The summed E-state index contributed by atoms with van der Waals surface area (Å²) < 4.78 is 4.79. The Labute approximate surface area is 530 Å². The van der Waals surface area contributed by atoms with Gasteiger partial charge in [0.2, 0.25) is 0 Å². The highest BCUT2D eigenvalue weighted by atomic mass is 15.0. The monoisotopic (exact) mass is 1180 g/mol. The summed E-state index contributed by atoms with van der Waals surface area (Å²) in [6.45, 7) is 0. The number of hydrogen-bond acceptors (Lipinski definition) is 7. The largest absolute Gasteiger partial charge is 0.309 e. The molecule has 17 rings (SSSR count). The molecule has 0 aliphatic carbocycles. The van der Waals surface area contributed by atoms with Crippen molar-refractivity contribution in [1.29, 1.82) is 0 Å². The molecule has 0 amide bonds. The Hall–Kier alpha value is -12.6. The van der Waals surface area contributed by atoms with Crippen molar-refractivity contribution in [1.82, 2.24) is 44.0 Å². The molecule has 92 heavy (non-hydrogen) atoms. The van der Waals surface area contributed by atoms with E-state index in [-0.39, 0.29) is 0 Å². The molecule has 0 aliphatic rings. The van der Waals surface area contributed by atoms with Crippen molar-refractivity contribution < 1.29 is 0 Å². The molecule has 9 nitrogen and oxygen atoms in total. The van der Waals surface area contributed by atoms with Gasteiger partial charge in [0, 0.05) is 82.7 Å². The van der Waals surface area contributed by atoms with Gasteiger partial charge in [-0.25, -0.2) is 34.9 Å². The summed E-state index contributed by atoms with van der Waals surface area (Å²) in [4.78, 5) is 38.2. The highest BCUT2D eigenvalue weighted by molar-refractivity contribution is 6.12. The SMILES string of the molecule is c1ccc(-c2nc(-c3ccccc3)nc(-c3ccccc3-c3cc(-c4ccccc4-n4c5ccccc5c5ccccc54)c(-c4ccccc4-c4nc(-c5ccccc5)nc(-c5ccccc5)n4)nc3-c3ccccc3-n3c4ccccc4c4ccccc43)n2)cc1. The molecule has 9 heteroatoms. The molecule has 12 aromatic carbocycles. The van der Waals surface area contributed by atoms with Crippen LogP contribution in [-0.4, -0.2) is 44.0 Å². The molecule has 0 aliphatic heterocycles. The van der Waals surface area contributed by atoms with E-state index in [1.807, 2.05) is 121 Å². The van der Waals surface area contributed by atoms with Crippen molar-refractivity contribution in [3.63, 3.8) is 0 Å². The third-order valence-corrected chi connectivity index (χ3v) is 17.3. The quantitative estimate of drug-likeness (QED) is 0.120. The van der Waals surface area contributed by atoms with Gasteiger partial charge in [0.25, 0.3) is 0 Å². The Balaban J connectivity index is 1.01. The molecule has 0 saturated carbocycles. The van der Waals surface area contributed by atoms with Crippen LogP contribution in [0.2, 0.25) is 0 Å². The Morgan fingerprint density at radius 1 is 0.174 bits per heavy atom. The van der Waals surface area contributed by atoms with Crippen LogP contribution in [0.4, 0.5) is 0 Å². The topological polar surface area (TPSA) is 100 Å². The minimum Gasteiger partial charge on any atom is -0.309 e. The van der Waals surface area contributed by atoms with Crippen LogP contribution in [0.5, 0.6) is 0 Å². The fourth-order valence-corrected chi connectivity index (χ4v) is 13.1. The number of aromatic nitrogens is 9. The standard InChI is InChI=1S/C83H53N9/c1-5-29-54(30-6-1)78-85-79(55-31-7-2-8-32-55)88-82(87-78)65-44-15-13-37-58(65)68-53-69(63-42-21-27-51-74(63)91-70-47-23-17-38-59(70)60-39-18-24-48-71(60)91)76(84-77(68)67-46-22-28-52-75(67)92-72-49-25-19-40-61(72)62-41-20-26-50-73(62)92)64-43-14-16-45-66(64)83-89-80(56-33-9-3-10-34-56)86-81(90-83)57-35-11-4-12-36-57/h1-53H. The smallest absolute Gasteiger partial charge is 0.164 e. The number of rotatable bonds is 12. The molecule has 0 spiro atoms. The van der Waals surface area contributed by atoms with Gasteiger partial charge in [0.15, 0.2) is 34.9 Å². The van der Waals surface area contributed by atoms with Gasteiger partial charge in [-0.2, -0.15) is 0 Å². The normalized spacial score (nSPS) is 11.5. The fourth-order valence-electron chi connectivity index (χ4n) is 13.1. The Bertz CT molecular complexity index is 5070. The molecule has 17 aromatic rings. The predicted octanol–water partition coefficient (Wildman–Crippen LogP) is 20.3. The van der Waals surface area contributed by atoms with Crippen molar-refractivity contribution >= 4 is 43.6 Å². The highest BCUT2D eigenvalue weighted by Gasteiger charge is 2.28. The first-order valence-corrected chi connectivity index (χ1v) is 30.8. The third kappa shape index (κ3) is 9.39. The number of nitrogens with zero attached hydrogens (tertiary/aromatic N) is 9. The summed E-state index contributed by atoms with van der Waals surface area (Å²) in [5, 5.41) is 4.63. The van der Waals surface area contributed by atoms with Gasteiger partial charge in [-0.05, 0) is 48.0 Å². The minimum atomic E-state index is 0.511. The maximum Gasteiger partial charge on any atom is 0.164 e. The summed E-state index contributed by atoms with van der Waals surface area (Å²) in [5.74, 6) is 3.29. The van der Waals surface area contributed by atoms with E-state index in [1.165, 1.54) is 0 Å². The van der Waals surface area contributed by atoms with E-state index in [2.05, 4.69) is 209 Å². The molecule has 0 N–H and O–H groups in total. The lowest BCUT2D eigenvalue weighted by atomic mass is 9.88. The van der Waals surface area contributed by atoms with E-state index in [1.54, 1.807) is 0 Å². The number of pyridine rings is 1. The predicted molar refractivity (Wildman–Crippen MR) is 374 cm³/mol. The maximum absolute atomic E-state index is 6.31. The fraction of sp³-hybridized carbons (Fsp3) is 0. The molecule has 0 bridgehead atoms. The van der Waals surface area contributed by atoms with Crippen LogP contribution in [0, 0.1) is 0 Å².